The van der Waals surface area contributed by atoms with Crippen LogP contribution in [0.5, 0.6) is 0 Å². The van der Waals surface area contributed by atoms with Gasteiger partial charge in [-0.3, -0.25) is 0 Å². The maximum Gasteiger partial charge on any atom is 0.158 e. The van der Waals surface area contributed by atoms with E-state index in [1.165, 1.54) is 32.1 Å². The average Bonchev–Trinajstić information content (AvgIpc) is 2.77. The van der Waals surface area contributed by atoms with Crippen LogP contribution in [-0.2, 0) is 6.61 Å². The van der Waals surface area contributed by atoms with Gasteiger partial charge in [0.15, 0.2) is 5.82 Å². The third-order valence-electron chi connectivity index (χ3n) is 3.58. The quantitative estimate of drug-likeness (QED) is 0.827. The lowest BCUT2D eigenvalue weighted by Crippen LogP contribution is -2.19. The summed E-state index contributed by atoms with van der Waals surface area (Å²) < 4.78 is 2.05. The molecule has 0 spiro atoms. The minimum atomic E-state index is -0.00624. The van der Waals surface area contributed by atoms with E-state index >= 15 is 0 Å². The molecule has 1 aliphatic rings. The standard InChI is InChI=1S/C11H19N3O/c1-2-9-3-5-10(6-4-9)14-8-12-13-11(14)7-15/h8-10,15H,2-7H2,1H3. The highest BCUT2D eigenvalue weighted by Gasteiger charge is 2.22. The van der Waals surface area contributed by atoms with E-state index in [1.807, 2.05) is 4.57 Å². The fourth-order valence-corrected chi connectivity index (χ4v) is 2.52. The summed E-state index contributed by atoms with van der Waals surface area (Å²) in [6.07, 6.45) is 8.03. The summed E-state index contributed by atoms with van der Waals surface area (Å²) in [4.78, 5) is 0. The van der Waals surface area contributed by atoms with Crippen LogP contribution < -0.4 is 0 Å². The molecule has 0 radical (unpaired) electrons. The smallest absolute Gasteiger partial charge is 0.158 e. The molecule has 84 valence electrons. The van der Waals surface area contributed by atoms with Crippen molar-refractivity contribution in [2.75, 3.05) is 0 Å². The number of aromatic nitrogens is 3. The maximum atomic E-state index is 9.11. The van der Waals surface area contributed by atoms with E-state index in [9.17, 15) is 0 Å². The third-order valence-corrected chi connectivity index (χ3v) is 3.58. The molecule has 1 aromatic rings. The van der Waals surface area contributed by atoms with E-state index in [2.05, 4.69) is 17.1 Å². The molecule has 1 heterocycles. The van der Waals surface area contributed by atoms with Gasteiger partial charge in [-0.2, -0.15) is 0 Å². The van der Waals surface area contributed by atoms with Gasteiger partial charge in [-0.1, -0.05) is 13.3 Å². The molecular weight excluding hydrogens is 190 g/mol. The lowest BCUT2D eigenvalue weighted by molar-refractivity contribution is 0.233. The van der Waals surface area contributed by atoms with Crippen LogP contribution in [0.2, 0.25) is 0 Å². The Bertz CT molecular complexity index is 303. The van der Waals surface area contributed by atoms with Gasteiger partial charge in [0.05, 0.1) is 0 Å². The molecule has 1 aromatic heterocycles. The van der Waals surface area contributed by atoms with Gasteiger partial charge in [-0.15, -0.1) is 10.2 Å². The molecule has 0 amide bonds. The molecule has 0 bridgehead atoms. The number of aliphatic hydroxyl groups is 1. The monoisotopic (exact) mass is 209 g/mol. The summed E-state index contributed by atoms with van der Waals surface area (Å²) in [5.74, 6) is 1.60. The van der Waals surface area contributed by atoms with E-state index in [1.54, 1.807) is 6.33 Å². The number of rotatable bonds is 3. The van der Waals surface area contributed by atoms with Crippen LogP contribution in [0.4, 0.5) is 0 Å². The van der Waals surface area contributed by atoms with Crippen molar-refractivity contribution in [2.24, 2.45) is 5.92 Å². The summed E-state index contributed by atoms with van der Waals surface area (Å²) in [7, 11) is 0. The van der Waals surface area contributed by atoms with Crippen molar-refractivity contribution in [1.82, 2.24) is 14.8 Å². The molecule has 4 heteroatoms. The van der Waals surface area contributed by atoms with Crippen molar-refractivity contribution in [2.45, 2.75) is 51.7 Å². The first kappa shape index (κ1) is 10.6. The van der Waals surface area contributed by atoms with Gasteiger partial charge >= 0.3 is 0 Å². The van der Waals surface area contributed by atoms with Gasteiger partial charge in [0.25, 0.3) is 0 Å². The number of nitrogens with zero attached hydrogens (tertiary/aromatic N) is 3. The normalized spacial score (nSPS) is 26.8. The molecule has 0 aromatic carbocycles. The van der Waals surface area contributed by atoms with Gasteiger partial charge in [0, 0.05) is 6.04 Å². The predicted octanol–water partition coefficient (Wildman–Crippen LogP) is 1.91. The highest BCUT2D eigenvalue weighted by molar-refractivity contribution is 4.89. The van der Waals surface area contributed by atoms with Gasteiger partial charge in [-0.05, 0) is 31.6 Å². The summed E-state index contributed by atoms with van der Waals surface area (Å²) in [6.45, 7) is 2.26. The molecule has 2 rings (SSSR count). The molecule has 0 atom stereocenters. The van der Waals surface area contributed by atoms with E-state index in [-0.39, 0.29) is 6.61 Å². The van der Waals surface area contributed by atoms with Gasteiger partial charge < -0.3 is 9.67 Å². The highest BCUT2D eigenvalue weighted by atomic mass is 16.3. The second-order valence-electron chi connectivity index (χ2n) is 4.40. The lowest BCUT2D eigenvalue weighted by Gasteiger charge is -2.29. The van der Waals surface area contributed by atoms with Gasteiger partial charge in [-0.25, -0.2) is 0 Å². The summed E-state index contributed by atoms with van der Waals surface area (Å²) in [5.41, 5.74) is 0. The second-order valence-corrected chi connectivity index (χ2v) is 4.40. The Hall–Kier alpha value is -0.900. The van der Waals surface area contributed by atoms with Crippen LogP contribution in [-0.4, -0.2) is 19.9 Å². The Morgan fingerprint density at radius 1 is 1.40 bits per heavy atom. The van der Waals surface area contributed by atoms with Crippen LogP contribution in [0.3, 0.4) is 0 Å². The molecule has 1 aliphatic carbocycles. The molecule has 15 heavy (non-hydrogen) atoms. The van der Waals surface area contributed by atoms with Crippen LogP contribution in [0.25, 0.3) is 0 Å². The number of aliphatic hydroxyl groups excluding tert-OH is 1. The Balaban J connectivity index is 2.01. The fraction of sp³-hybridized carbons (Fsp3) is 0.818. The van der Waals surface area contributed by atoms with Crippen LogP contribution >= 0.6 is 0 Å². The minimum Gasteiger partial charge on any atom is -0.388 e. The Morgan fingerprint density at radius 3 is 2.73 bits per heavy atom. The first-order valence-electron chi connectivity index (χ1n) is 5.84. The van der Waals surface area contributed by atoms with E-state index in [0.29, 0.717) is 11.9 Å². The molecule has 4 nitrogen and oxygen atoms in total. The van der Waals surface area contributed by atoms with Crippen molar-refractivity contribution in [3.8, 4) is 0 Å². The van der Waals surface area contributed by atoms with Crippen LogP contribution in [0, 0.1) is 5.92 Å². The zero-order valence-corrected chi connectivity index (χ0v) is 9.26. The maximum absolute atomic E-state index is 9.11. The molecule has 0 unspecified atom stereocenters. The van der Waals surface area contributed by atoms with E-state index in [0.717, 1.165) is 5.92 Å². The topological polar surface area (TPSA) is 50.9 Å². The fourth-order valence-electron chi connectivity index (χ4n) is 2.52. The SMILES string of the molecule is CCC1CCC(n2cnnc2CO)CC1. The predicted molar refractivity (Wildman–Crippen MR) is 57.2 cm³/mol. The molecule has 1 fully saturated rings. The van der Waals surface area contributed by atoms with Crippen molar-refractivity contribution in [3.05, 3.63) is 12.2 Å². The molecular formula is C11H19N3O. The zero-order chi connectivity index (χ0) is 10.7. The van der Waals surface area contributed by atoms with E-state index < -0.39 is 0 Å². The van der Waals surface area contributed by atoms with Crippen LogP contribution in [0.15, 0.2) is 6.33 Å². The minimum absolute atomic E-state index is 0.00624. The zero-order valence-electron chi connectivity index (χ0n) is 9.26. The summed E-state index contributed by atoms with van der Waals surface area (Å²) in [5, 5.41) is 16.9. The molecule has 1 N–H and O–H groups in total. The third kappa shape index (κ3) is 2.20. The summed E-state index contributed by atoms with van der Waals surface area (Å²) >= 11 is 0. The average molecular weight is 209 g/mol. The Morgan fingerprint density at radius 2 is 2.13 bits per heavy atom. The molecule has 0 aliphatic heterocycles. The van der Waals surface area contributed by atoms with Crippen LogP contribution in [0.1, 0.15) is 50.9 Å². The van der Waals surface area contributed by atoms with Gasteiger partial charge in [0.1, 0.15) is 12.9 Å². The number of hydrogen-bond acceptors (Lipinski definition) is 3. The second kappa shape index (κ2) is 4.75. The Kier molecular flexibility index (Phi) is 3.36. The molecule has 0 saturated heterocycles. The van der Waals surface area contributed by atoms with Crippen molar-refractivity contribution >= 4 is 0 Å². The summed E-state index contributed by atoms with van der Waals surface area (Å²) in [6, 6.07) is 0.505. The first-order chi connectivity index (χ1) is 7.35. The highest BCUT2D eigenvalue weighted by Crippen LogP contribution is 2.33. The largest absolute Gasteiger partial charge is 0.388 e. The lowest BCUT2D eigenvalue weighted by atomic mass is 9.84. The number of hydrogen-bond donors (Lipinski definition) is 1. The first-order valence-corrected chi connectivity index (χ1v) is 5.84. The molecule has 1 saturated carbocycles. The van der Waals surface area contributed by atoms with Gasteiger partial charge in [0.2, 0.25) is 0 Å². The van der Waals surface area contributed by atoms with Crippen molar-refractivity contribution in [1.29, 1.82) is 0 Å². The Labute approximate surface area is 90.3 Å². The van der Waals surface area contributed by atoms with Crippen molar-refractivity contribution < 1.29 is 5.11 Å². The van der Waals surface area contributed by atoms with E-state index in [4.69, 9.17) is 5.11 Å². The van der Waals surface area contributed by atoms with Crippen molar-refractivity contribution in [3.63, 3.8) is 0 Å².